The first-order chi connectivity index (χ1) is 9.29. The molecule has 1 aliphatic carbocycles. The van der Waals surface area contributed by atoms with E-state index in [4.69, 9.17) is 9.88 Å². The molecule has 2 rings (SSSR count). The molecule has 1 fully saturated rings. The van der Waals surface area contributed by atoms with Gasteiger partial charge in [0.25, 0.3) is 0 Å². The number of carbonyl (C=O) groups is 1. The van der Waals surface area contributed by atoms with Crippen molar-refractivity contribution < 1.29 is 26.7 Å². The zero-order valence-corrected chi connectivity index (χ0v) is 11.3. The van der Waals surface area contributed by atoms with Crippen molar-refractivity contribution in [2.75, 3.05) is 0 Å². The molecular weight excluding hydrogens is 292 g/mol. The first kappa shape index (κ1) is 14.9. The molecule has 0 spiro atoms. The third kappa shape index (κ3) is 3.13. The van der Waals surface area contributed by atoms with Gasteiger partial charge >= 0.3 is 5.97 Å². The normalized spacial score (nSPS) is 16.4. The van der Waals surface area contributed by atoms with Crippen molar-refractivity contribution in [3.63, 3.8) is 0 Å². The molecule has 0 bridgehead atoms. The van der Waals surface area contributed by atoms with Crippen LogP contribution >= 0.6 is 0 Å². The van der Waals surface area contributed by atoms with Gasteiger partial charge in [0.2, 0.25) is 10.0 Å². The van der Waals surface area contributed by atoms with Crippen LogP contribution in [0.2, 0.25) is 0 Å². The summed E-state index contributed by atoms with van der Waals surface area (Å²) in [6, 6.07) is 0.877. The zero-order valence-electron chi connectivity index (χ0n) is 10.4. The fraction of sp³-hybridized carbons (Fsp3) is 0.417. The number of benzene rings is 1. The van der Waals surface area contributed by atoms with Crippen molar-refractivity contribution >= 4 is 16.0 Å². The Labute approximate surface area is 114 Å². The molecule has 1 saturated carbocycles. The van der Waals surface area contributed by atoms with Gasteiger partial charge in [-0.2, -0.15) is 0 Å². The maximum atomic E-state index is 13.6. The number of ether oxygens (including phenoxy) is 1. The summed E-state index contributed by atoms with van der Waals surface area (Å²) in [5.74, 6) is -3.54. The number of hydrogen-bond acceptors (Lipinski definition) is 4. The lowest BCUT2D eigenvalue weighted by Crippen LogP contribution is -2.19. The second-order valence-electron chi connectivity index (χ2n) is 4.62. The molecule has 110 valence electrons. The van der Waals surface area contributed by atoms with Crippen molar-refractivity contribution in [1.29, 1.82) is 0 Å². The molecule has 20 heavy (non-hydrogen) atoms. The quantitative estimate of drug-likeness (QED) is 0.861. The molecule has 1 aromatic carbocycles. The number of halogens is 2. The molecule has 8 heteroatoms. The van der Waals surface area contributed by atoms with Gasteiger partial charge in [0.15, 0.2) is 0 Å². The third-order valence-corrected chi connectivity index (χ3v) is 4.05. The number of nitrogens with two attached hydrogens (primary N) is 1. The van der Waals surface area contributed by atoms with Crippen LogP contribution in [0.15, 0.2) is 17.0 Å². The Kier molecular flexibility index (Phi) is 4.05. The number of primary sulfonamides is 1. The summed E-state index contributed by atoms with van der Waals surface area (Å²) < 4.78 is 54.3. The van der Waals surface area contributed by atoms with E-state index in [0.717, 1.165) is 12.8 Å². The van der Waals surface area contributed by atoms with Crippen molar-refractivity contribution in [2.24, 2.45) is 5.14 Å². The van der Waals surface area contributed by atoms with Crippen LogP contribution < -0.4 is 5.14 Å². The Morgan fingerprint density at radius 2 is 1.80 bits per heavy atom. The lowest BCUT2D eigenvalue weighted by Gasteiger charge is -2.12. The second-order valence-corrected chi connectivity index (χ2v) is 6.15. The zero-order chi connectivity index (χ0) is 14.9. The molecule has 5 nitrogen and oxygen atoms in total. The van der Waals surface area contributed by atoms with Gasteiger partial charge in [0.1, 0.15) is 22.6 Å². The first-order valence-corrected chi connectivity index (χ1v) is 7.56. The highest BCUT2D eigenvalue weighted by molar-refractivity contribution is 7.89. The third-order valence-electron chi connectivity index (χ3n) is 3.12. The van der Waals surface area contributed by atoms with Gasteiger partial charge in [0, 0.05) is 6.07 Å². The molecule has 0 saturated heterocycles. The van der Waals surface area contributed by atoms with Gasteiger partial charge in [0.05, 0.1) is 5.56 Å². The Balaban J connectivity index is 2.33. The average Bonchev–Trinajstić information content (AvgIpc) is 2.79. The van der Waals surface area contributed by atoms with Crippen molar-refractivity contribution in [2.45, 2.75) is 36.7 Å². The fourth-order valence-electron chi connectivity index (χ4n) is 2.12. The number of sulfonamides is 1. The Bertz CT molecular complexity index is 639. The van der Waals surface area contributed by atoms with Gasteiger partial charge < -0.3 is 4.74 Å². The minimum absolute atomic E-state index is 0.311. The Morgan fingerprint density at radius 3 is 2.35 bits per heavy atom. The van der Waals surface area contributed by atoms with Crippen LogP contribution in [0.5, 0.6) is 0 Å². The summed E-state index contributed by atoms with van der Waals surface area (Å²) in [7, 11) is -4.38. The number of rotatable bonds is 3. The lowest BCUT2D eigenvalue weighted by molar-refractivity contribution is 0.0312. The topological polar surface area (TPSA) is 86.5 Å². The molecule has 1 aromatic rings. The highest BCUT2D eigenvalue weighted by Gasteiger charge is 2.25. The smallest absolute Gasteiger partial charge is 0.341 e. The maximum Gasteiger partial charge on any atom is 0.341 e. The Morgan fingerprint density at radius 1 is 1.20 bits per heavy atom. The van der Waals surface area contributed by atoms with Gasteiger partial charge in [-0.05, 0) is 31.7 Å². The minimum atomic E-state index is -4.38. The monoisotopic (exact) mass is 305 g/mol. The van der Waals surface area contributed by atoms with E-state index in [-0.39, 0.29) is 6.10 Å². The summed E-state index contributed by atoms with van der Waals surface area (Å²) in [6.07, 6.45) is 2.86. The van der Waals surface area contributed by atoms with E-state index in [9.17, 15) is 22.0 Å². The number of esters is 1. The summed E-state index contributed by atoms with van der Waals surface area (Å²) in [5, 5.41) is 4.80. The molecule has 1 aliphatic rings. The van der Waals surface area contributed by atoms with E-state index in [1.54, 1.807) is 0 Å². The van der Waals surface area contributed by atoms with E-state index < -0.39 is 38.1 Å². The van der Waals surface area contributed by atoms with Crippen LogP contribution in [0.4, 0.5) is 8.78 Å². The SMILES string of the molecule is NS(=O)(=O)c1cc(C(=O)OC2CCCC2)c(F)cc1F. The second kappa shape index (κ2) is 5.45. The van der Waals surface area contributed by atoms with E-state index >= 15 is 0 Å². The molecule has 0 radical (unpaired) electrons. The van der Waals surface area contributed by atoms with Gasteiger partial charge in [-0.15, -0.1) is 0 Å². The predicted octanol–water partition coefficient (Wildman–Crippen LogP) is 1.71. The molecule has 0 heterocycles. The van der Waals surface area contributed by atoms with Gasteiger partial charge in [-0.3, -0.25) is 0 Å². The molecule has 0 aromatic heterocycles. The summed E-state index contributed by atoms with van der Waals surface area (Å²) >= 11 is 0. The van der Waals surface area contributed by atoms with E-state index in [2.05, 4.69) is 0 Å². The van der Waals surface area contributed by atoms with Crippen LogP contribution in [0.1, 0.15) is 36.0 Å². The molecule has 0 aliphatic heterocycles. The van der Waals surface area contributed by atoms with Crippen molar-refractivity contribution in [3.05, 3.63) is 29.3 Å². The number of hydrogen-bond donors (Lipinski definition) is 1. The molecule has 2 N–H and O–H groups in total. The fourth-order valence-corrected chi connectivity index (χ4v) is 2.74. The summed E-state index contributed by atoms with van der Waals surface area (Å²) in [4.78, 5) is 10.9. The largest absolute Gasteiger partial charge is 0.459 e. The molecule has 0 amide bonds. The summed E-state index contributed by atoms with van der Waals surface area (Å²) in [5.41, 5.74) is -0.637. The predicted molar refractivity (Wildman–Crippen MR) is 65.4 cm³/mol. The van der Waals surface area contributed by atoms with E-state index in [0.29, 0.717) is 25.0 Å². The van der Waals surface area contributed by atoms with E-state index in [1.807, 2.05) is 0 Å². The first-order valence-electron chi connectivity index (χ1n) is 6.02. The molecular formula is C12H13F2NO4S. The molecule has 0 unspecified atom stereocenters. The molecule has 0 atom stereocenters. The van der Waals surface area contributed by atoms with Crippen LogP contribution in [0, 0.1) is 11.6 Å². The Hall–Kier alpha value is -1.54. The average molecular weight is 305 g/mol. The minimum Gasteiger partial charge on any atom is -0.459 e. The summed E-state index contributed by atoms with van der Waals surface area (Å²) in [6.45, 7) is 0. The lowest BCUT2D eigenvalue weighted by atomic mass is 10.2. The maximum absolute atomic E-state index is 13.6. The van der Waals surface area contributed by atoms with Gasteiger partial charge in [-0.1, -0.05) is 0 Å². The van der Waals surface area contributed by atoms with Crippen molar-refractivity contribution in [1.82, 2.24) is 0 Å². The standard InChI is InChI=1S/C12H13F2NO4S/c13-9-6-10(14)11(20(15,17)18)5-8(9)12(16)19-7-3-1-2-4-7/h5-7H,1-4H2,(H2,15,17,18). The highest BCUT2D eigenvalue weighted by atomic mass is 32.2. The number of carbonyl (C=O) groups excluding carboxylic acids is 1. The van der Waals surface area contributed by atoms with Crippen LogP contribution in [-0.4, -0.2) is 20.5 Å². The van der Waals surface area contributed by atoms with E-state index in [1.165, 1.54) is 0 Å². The highest BCUT2D eigenvalue weighted by Crippen LogP contribution is 2.24. The van der Waals surface area contributed by atoms with Crippen LogP contribution in [0.3, 0.4) is 0 Å². The van der Waals surface area contributed by atoms with Gasteiger partial charge in [-0.25, -0.2) is 27.1 Å². The van der Waals surface area contributed by atoms with Crippen molar-refractivity contribution in [3.8, 4) is 0 Å². The van der Waals surface area contributed by atoms with Crippen LogP contribution in [-0.2, 0) is 14.8 Å². The van der Waals surface area contributed by atoms with Crippen LogP contribution in [0.25, 0.3) is 0 Å².